The molecule has 18 heavy (non-hydrogen) atoms. The van der Waals surface area contributed by atoms with Gasteiger partial charge in [-0.25, -0.2) is 4.98 Å². The van der Waals surface area contributed by atoms with E-state index in [2.05, 4.69) is 36.0 Å². The van der Waals surface area contributed by atoms with Gasteiger partial charge < -0.3 is 15.4 Å². The van der Waals surface area contributed by atoms with Crippen LogP contribution in [0.25, 0.3) is 0 Å². The Morgan fingerprint density at radius 3 is 2.94 bits per heavy atom. The van der Waals surface area contributed by atoms with Crippen LogP contribution < -0.4 is 10.6 Å². The van der Waals surface area contributed by atoms with Crippen LogP contribution in [0.15, 0.2) is 12.1 Å². The first-order valence-electron chi connectivity index (χ1n) is 6.75. The smallest absolute Gasteiger partial charge is 0.128 e. The van der Waals surface area contributed by atoms with Crippen molar-refractivity contribution in [3.05, 3.63) is 23.4 Å². The van der Waals surface area contributed by atoms with Gasteiger partial charge in [0.25, 0.3) is 0 Å². The van der Waals surface area contributed by atoms with Crippen LogP contribution in [0.2, 0.25) is 0 Å². The average Bonchev–Trinajstić information content (AvgIpc) is 2.90. The molecule has 1 aromatic rings. The zero-order valence-corrected chi connectivity index (χ0v) is 11.4. The third-order valence-corrected chi connectivity index (χ3v) is 3.42. The molecule has 1 unspecified atom stereocenters. The number of pyridine rings is 1. The minimum Gasteiger partial charge on any atom is -0.376 e. The highest BCUT2D eigenvalue weighted by molar-refractivity contribution is 5.42. The number of rotatable bonds is 5. The molecule has 4 heteroatoms. The molecule has 0 saturated carbocycles. The van der Waals surface area contributed by atoms with Gasteiger partial charge in [0, 0.05) is 32.4 Å². The number of hydrogen-bond acceptors (Lipinski definition) is 4. The standard InChI is InChI=1S/C14H23N3O/c1-3-12-7-11(9-15)8-14(16-12)17(2)10-13-5-4-6-18-13/h7-8,13H,3-6,9-10,15H2,1-2H3. The van der Waals surface area contributed by atoms with E-state index in [-0.39, 0.29) is 0 Å². The normalized spacial score (nSPS) is 19.2. The van der Waals surface area contributed by atoms with Crippen molar-refractivity contribution < 1.29 is 4.74 Å². The summed E-state index contributed by atoms with van der Waals surface area (Å²) in [7, 11) is 2.07. The maximum atomic E-state index is 5.74. The molecule has 1 aliphatic heterocycles. The van der Waals surface area contributed by atoms with Gasteiger partial charge in [0.15, 0.2) is 0 Å². The second-order valence-electron chi connectivity index (χ2n) is 4.90. The maximum absolute atomic E-state index is 5.74. The van der Waals surface area contributed by atoms with Gasteiger partial charge in [0.1, 0.15) is 5.82 Å². The van der Waals surface area contributed by atoms with Crippen LogP contribution in [-0.4, -0.2) is 31.3 Å². The fraction of sp³-hybridized carbons (Fsp3) is 0.643. The largest absolute Gasteiger partial charge is 0.376 e. The van der Waals surface area contributed by atoms with E-state index in [0.29, 0.717) is 12.6 Å². The summed E-state index contributed by atoms with van der Waals surface area (Å²) in [5, 5.41) is 0. The predicted molar refractivity (Wildman–Crippen MR) is 73.8 cm³/mol. The molecule has 0 bridgehead atoms. The second kappa shape index (κ2) is 6.16. The molecule has 1 fully saturated rings. The Bertz CT molecular complexity index is 366. The van der Waals surface area contributed by atoms with Crippen molar-refractivity contribution in [3.8, 4) is 0 Å². The van der Waals surface area contributed by atoms with Gasteiger partial charge >= 0.3 is 0 Å². The first kappa shape index (κ1) is 13.3. The molecule has 1 atom stereocenters. The van der Waals surface area contributed by atoms with E-state index in [1.54, 1.807) is 0 Å². The zero-order chi connectivity index (χ0) is 13.0. The van der Waals surface area contributed by atoms with Crippen molar-refractivity contribution in [2.75, 3.05) is 25.1 Å². The molecule has 2 heterocycles. The van der Waals surface area contributed by atoms with Crippen LogP contribution in [0.1, 0.15) is 31.0 Å². The highest BCUT2D eigenvalue weighted by Gasteiger charge is 2.18. The van der Waals surface area contributed by atoms with Crippen molar-refractivity contribution >= 4 is 5.82 Å². The van der Waals surface area contributed by atoms with Gasteiger partial charge in [-0.15, -0.1) is 0 Å². The molecule has 1 aromatic heterocycles. The Morgan fingerprint density at radius 1 is 1.50 bits per heavy atom. The van der Waals surface area contributed by atoms with Crippen molar-refractivity contribution in [1.82, 2.24) is 4.98 Å². The Labute approximate surface area is 109 Å². The topological polar surface area (TPSA) is 51.4 Å². The molecule has 4 nitrogen and oxygen atoms in total. The van der Waals surface area contributed by atoms with Crippen LogP contribution in [0.5, 0.6) is 0 Å². The van der Waals surface area contributed by atoms with Crippen LogP contribution in [0, 0.1) is 0 Å². The van der Waals surface area contributed by atoms with E-state index in [9.17, 15) is 0 Å². The lowest BCUT2D eigenvalue weighted by molar-refractivity contribution is 0.116. The number of aromatic nitrogens is 1. The SMILES string of the molecule is CCc1cc(CN)cc(N(C)CC2CCCO2)n1. The lowest BCUT2D eigenvalue weighted by Gasteiger charge is -2.22. The fourth-order valence-corrected chi connectivity index (χ4v) is 2.32. The summed E-state index contributed by atoms with van der Waals surface area (Å²) in [6.45, 7) is 4.49. The predicted octanol–water partition coefficient (Wildman–Crippen LogP) is 1.72. The van der Waals surface area contributed by atoms with E-state index in [1.807, 2.05) is 0 Å². The summed E-state index contributed by atoms with van der Waals surface area (Å²) < 4.78 is 5.66. The van der Waals surface area contributed by atoms with Gasteiger partial charge in [-0.05, 0) is 37.0 Å². The number of nitrogens with zero attached hydrogens (tertiary/aromatic N) is 2. The third-order valence-electron chi connectivity index (χ3n) is 3.42. The Balaban J connectivity index is 2.09. The molecule has 0 radical (unpaired) electrons. The number of nitrogens with two attached hydrogens (primary N) is 1. The van der Waals surface area contributed by atoms with Crippen molar-refractivity contribution in [2.45, 2.75) is 38.8 Å². The Kier molecular flexibility index (Phi) is 4.55. The Morgan fingerprint density at radius 2 is 2.33 bits per heavy atom. The second-order valence-corrected chi connectivity index (χ2v) is 4.90. The number of ether oxygens (including phenoxy) is 1. The molecular formula is C14H23N3O. The van der Waals surface area contributed by atoms with E-state index in [1.165, 1.54) is 6.42 Å². The van der Waals surface area contributed by atoms with E-state index < -0.39 is 0 Å². The van der Waals surface area contributed by atoms with Gasteiger partial charge in [0.2, 0.25) is 0 Å². The molecule has 100 valence electrons. The van der Waals surface area contributed by atoms with Crippen LogP contribution in [-0.2, 0) is 17.7 Å². The highest BCUT2D eigenvalue weighted by Crippen LogP contribution is 2.18. The molecule has 2 N–H and O–H groups in total. The molecule has 1 aliphatic rings. The molecule has 0 amide bonds. The highest BCUT2D eigenvalue weighted by atomic mass is 16.5. The van der Waals surface area contributed by atoms with E-state index in [4.69, 9.17) is 10.5 Å². The fourth-order valence-electron chi connectivity index (χ4n) is 2.32. The lowest BCUT2D eigenvalue weighted by atomic mass is 10.2. The van der Waals surface area contributed by atoms with Gasteiger partial charge in [-0.2, -0.15) is 0 Å². The quantitative estimate of drug-likeness (QED) is 0.863. The molecule has 0 spiro atoms. The lowest BCUT2D eigenvalue weighted by Crippen LogP contribution is -2.29. The van der Waals surface area contributed by atoms with Crippen LogP contribution >= 0.6 is 0 Å². The molecular weight excluding hydrogens is 226 g/mol. The molecule has 2 rings (SSSR count). The van der Waals surface area contributed by atoms with Crippen molar-refractivity contribution in [1.29, 1.82) is 0 Å². The van der Waals surface area contributed by atoms with E-state index in [0.717, 1.165) is 43.1 Å². The van der Waals surface area contributed by atoms with E-state index >= 15 is 0 Å². The number of aryl methyl sites for hydroxylation is 1. The molecule has 0 aromatic carbocycles. The van der Waals surface area contributed by atoms with Crippen LogP contribution in [0.3, 0.4) is 0 Å². The minimum atomic E-state index is 0.350. The summed E-state index contributed by atoms with van der Waals surface area (Å²) in [6, 6.07) is 4.16. The maximum Gasteiger partial charge on any atom is 0.128 e. The van der Waals surface area contributed by atoms with Gasteiger partial charge in [-0.1, -0.05) is 6.92 Å². The Hall–Kier alpha value is -1.13. The summed E-state index contributed by atoms with van der Waals surface area (Å²) in [5.41, 5.74) is 7.99. The number of likely N-dealkylation sites (N-methyl/N-ethyl adjacent to an activating group) is 1. The third kappa shape index (κ3) is 3.21. The van der Waals surface area contributed by atoms with Crippen LogP contribution in [0.4, 0.5) is 5.82 Å². The zero-order valence-electron chi connectivity index (χ0n) is 11.4. The monoisotopic (exact) mass is 249 g/mol. The van der Waals surface area contributed by atoms with Crippen molar-refractivity contribution in [3.63, 3.8) is 0 Å². The summed E-state index contributed by atoms with van der Waals surface area (Å²) in [6.07, 6.45) is 3.62. The number of hydrogen-bond donors (Lipinski definition) is 1. The van der Waals surface area contributed by atoms with Gasteiger partial charge in [0.05, 0.1) is 6.10 Å². The minimum absolute atomic E-state index is 0.350. The number of anilines is 1. The average molecular weight is 249 g/mol. The first-order chi connectivity index (χ1) is 8.72. The first-order valence-corrected chi connectivity index (χ1v) is 6.75. The van der Waals surface area contributed by atoms with Gasteiger partial charge in [-0.3, -0.25) is 0 Å². The van der Waals surface area contributed by atoms with Crippen molar-refractivity contribution in [2.24, 2.45) is 5.73 Å². The summed E-state index contributed by atoms with van der Waals surface area (Å²) in [4.78, 5) is 6.83. The summed E-state index contributed by atoms with van der Waals surface area (Å²) in [5.74, 6) is 1.00. The molecule has 1 saturated heterocycles. The molecule has 0 aliphatic carbocycles. The summed E-state index contributed by atoms with van der Waals surface area (Å²) >= 11 is 0.